The van der Waals surface area contributed by atoms with E-state index in [1.54, 1.807) is 0 Å². The van der Waals surface area contributed by atoms with Gasteiger partial charge in [-0.3, -0.25) is 0 Å². The van der Waals surface area contributed by atoms with Crippen LogP contribution in [0.4, 0.5) is 5.82 Å². The van der Waals surface area contributed by atoms with E-state index in [9.17, 15) is 0 Å². The van der Waals surface area contributed by atoms with Gasteiger partial charge in [0.1, 0.15) is 11.6 Å². The minimum absolute atomic E-state index is 0.678. The van der Waals surface area contributed by atoms with Crippen LogP contribution in [-0.2, 0) is 19.9 Å². The van der Waals surface area contributed by atoms with Crippen LogP contribution in [-0.4, -0.2) is 16.1 Å². The van der Waals surface area contributed by atoms with Crippen molar-refractivity contribution in [1.29, 1.82) is 0 Å². The molecule has 3 nitrogen and oxygen atoms in total. The van der Waals surface area contributed by atoms with Gasteiger partial charge >= 0.3 is 0 Å². The summed E-state index contributed by atoms with van der Waals surface area (Å²) in [5.41, 5.74) is 1.26. The van der Waals surface area contributed by atoms with E-state index in [1.807, 2.05) is 0 Å². The summed E-state index contributed by atoms with van der Waals surface area (Å²) in [6.07, 6.45) is 3.42. The van der Waals surface area contributed by atoms with Crippen LogP contribution in [0.3, 0.4) is 0 Å². The van der Waals surface area contributed by atoms with Gasteiger partial charge < -0.3 is 9.88 Å². The van der Waals surface area contributed by atoms with E-state index < -0.39 is 0 Å². The van der Waals surface area contributed by atoms with Crippen LogP contribution in [0.5, 0.6) is 0 Å². The second-order valence-electron chi connectivity index (χ2n) is 4.51. The van der Waals surface area contributed by atoms with Crippen LogP contribution >= 0.6 is 0 Å². The van der Waals surface area contributed by atoms with Crippen molar-refractivity contribution in [2.45, 2.75) is 33.1 Å². The summed E-state index contributed by atoms with van der Waals surface area (Å²) >= 11 is 0. The fourth-order valence-electron chi connectivity index (χ4n) is 2.01. The minimum atomic E-state index is 0.678. The summed E-state index contributed by atoms with van der Waals surface area (Å²) in [5, 5.41) is 3.42. The van der Waals surface area contributed by atoms with E-state index in [1.165, 1.54) is 23.8 Å². The third-order valence-corrected chi connectivity index (χ3v) is 2.73. The molecular weight excluding hydrogens is 174 g/mol. The number of nitrogens with zero attached hydrogens (tertiary/aromatic N) is 2. The molecule has 0 fully saturated rings. The Morgan fingerprint density at radius 1 is 1.50 bits per heavy atom. The smallest absolute Gasteiger partial charge is 0.129 e. The first-order valence-electron chi connectivity index (χ1n) is 5.47. The van der Waals surface area contributed by atoms with Gasteiger partial charge in [-0.1, -0.05) is 13.8 Å². The van der Waals surface area contributed by atoms with Crippen LogP contribution in [0.25, 0.3) is 0 Å². The first kappa shape index (κ1) is 9.56. The third kappa shape index (κ3) is 1.63. The maximum absolute atomic E-state index is 4.69. The number of anilines is 1. The Kier molecular flexibility index (Phi) is 2.48. The first-order valence-corrected chi connectivity index (χ1v) is 5.47. The predicted molar refractivity (Wildman–Crippen MR) is 58.6 cm³/mol. The lowest BCUT2D eigenvalue weighted by Gasteiger charge is -2.14. The van der Waals surface area contributed by atoms with Gasteiger partial charge in [-0.2, -0.15) is 0 Å². The van der Waals surface area contributed by atoms with Crippen molar-refractivity contribution in [1.82, 2.24) is 9.55 Å². The van der Waals surface area contributed by atoms with Gasteiger partial charge in [0, 0.05) is 20.0 Å². The van der Waals surface area contributed by atoms with Gasteiger partial charge in [0.05, 0.1) is 5.69 Å². The number of nitrogens with one attached hydrogen (secondary N) is 1. The number of aromatic nitrogens is 2. The Morgan fingerprint density at radius 2 is 2.29 bits per heavy atom. The summed E-state index contributed by atoms with van der Waals surface area (Å²) in [6.45, 7) is 5.57. The van der Waals surface area contributed by atoms with E-state index >= 15 is 0 Å². The normalized spacial score (nSPS) is 15.4. The van der Waals surface area contributed by atoms with E-state index in [2.05, 4.69) is 30.8 Å². The van der Waals surface area contributed by atoms with Crippen molar-refractivity contribution in [3.63, 3.8) is 0 Å². The van der Waals surface area contributed by atoms with Crippen molar-refractivity contribution in [2.24, 2.45) is 13.0 Å². The number of aryl methyl sites for hydroxylation is 1. The van der Waals surface area contributed by atoms with Gasteiger partial charge in [-0.05, 0) is 18.8 Å². The lowest BCUT2D eigenvalue weighted by molar-refractivity contribution is 0.603. The molecule has 0 saturated heterocycles. The van der Waals surface area contributed by atoms with Crippen molar-refractivity contribution < 1.29 is 0 Å². The largest absolute Gasteiger partial charge is 0.370 e. The molecule has 1 aromatic rings. The maximum Gasteiger partial charge on any atom is 0.129 e. The van der Waals surface area contributed by atoms with Crippen molar-refractivity contribution in [3.05, 3.63) is 11.5 Å². The lowest BCUT2D eigenvalue weighted by Crippen LogP contribution is -2.13. The topological polar surface area (TPSA) is 29.9 Å². The Bertz CT molecular complexity index is 326. The monoisotopic (exact) mass is 193 g/mol. The van der Waals surface area contributed by atoms with E-state index in [-0.39, 0.29) is 0 Å². The molecular formula is C11H19N3. The summed E-state index contributed by atoms with van der Waals surface area (Å²) in [5.74, 6) is 3.14. The van der Waals surface area contributed by atoms with Gasteiger partial charge in [0.15, 0.2) is 0 Å². The molecule has 3 heteroatoms. The van der Waals surface area contributed by atoms with E-state index in [0.29, 0.717) is 5.92 Å². The van der Waals surface area contributed by atoms with Crippen molar-refractivity contribution >= 4 is 5.82 Å². The van der Waals surface area contributed by atoms with E-state index in [4.69, 9.17) is 4.98 Å². The molecule has 0 saturated carbocycles. The zero-order valence-electron chi connectivity index (χ0n) is 9.30. The third-order valence-electron chi connectivity index (χ3n) is 2.73. The highest BCUT2D eigenvalue weighted by molar-refractivity contribution is 5.45. The molecule has 1 aliphatic heterocycles. The standard InChI is InChI=1S/C11H19N3/c1-8(2)7-10-13-9-5-4-6-12-11(9)14(10)3/h8,12H,4-7H2,1-3H3. The summed E-state index contributed by atoms with van der Waals surface area (Å²) < 4.78 is 2.22. The van der Waals surface area contributed by atoms with Gasteiger partial charge in [-0.25, -0.2) is 4.98 Å². The predicted octanol–water partition coefficient (Wildman–Crippen LogP) is 1.98. The number of rotatable bonds is 2. The highest BCUT2D eigenvalue weighted by Gasteiger charge is 2.17. The average Bonchev–Trinajstić information content (AvgIpc) is 2.44. The lowest BCUT2D eigenvalue weighted by atomic mass is 10.1. The molecule has 78 valence electrons. The second-order valence-corrected chi connectivity index (χ2v) is 4.51. The summed E-state index contributed by atoms with van der Waals surface area (Å²) in [6, 6.07) is 0. The Balaban J connectivity index is 2.29. The zero-order valence-corrected chi connectivity index (χ0v) is 9.30. The van der Waals surface area contributed by atoms with Crippen molar-refractivity contribution in [2.75, 3.05) is 11.9 Å². The fourth-order valence-corrected chi connectivity index (χ4v) is 2.01. The van der Waals surface area contributed by atoms with Crippen LogP contribution in [0, 0.1) is 5.92 Å². The molecule has 0 radical (unpaired) electrons. The second kappa shape index (κ2) is 3.64. The number of imidazole rings is 1. The minimum Gasteiger partial charge on any atom is -0.370 e. The molecule has 1 aromatic heterocycles. The number of hydrogen-bond acceptors (Lipinski definition) is 2. The SMILES string of the molecule is CC(C)Cc1nc2c(n1C)NCCC2. The molecule has 0 bridgehead atoms. The van der Waals surface area contributed by atoms with Gasteiger partial charge in [-0.15, -0.1) is 0 Å². The van der Waals surface area contributed by atoms with Gasteiger partial charge in [0.25, 0.3) is 0 Å². The molecule has 0 unspecified atom stereocenters. The average molecular weight is 193 g/mol. The zero-order chi connectivity index (χ0) is 10.1. The first-order chi connectivity index (χ1) is 6.68. The highest BCUT2D eigenvalue weighted by atomic mass is 15.2. The number of fused-ring (bicyclic) bond motifs is 1. The van der Waals surface area contributed by atoms with Crippen LogP contribution in [0.15, 0.2) is 0 Å². The quantitative estimate of drug-likeness (QED) is 0.778. The Morgan fingerprint density at radius 3 is 2.93 bits per heavy atom. The van der Waals surface area contributed by atoms with E-state index in [0.717, 1.165) is 19.4 Å². The Hall–Kier alpha value is -0.990. The highest BCUT2D eigenvalue weighted by Crippen LogP contribution is 2.23. The van der Waals surface area contributed by atoms with Gasteiger partial charge in [0.2, 0.25) is 0 Å². The van der Waals surface area contributed by atoms with Crippen LogP contribution in [0.2, 0.25) is 0 Å². The molecule has 2 rings (SSSR count). The summed E-state index contributed by atoms with van der Waals surface area (Å²) in [4.78, 5) is 4.69. The maximum atomic E-state index is 4.69. The molecule has 0 aliphatic carbocycles. The molecule has 2 heterocycles. The molecule has 1 aliphatic rings. The van der Waals surface area contributed by atoms with Crippen LogP contribution in [0.1, 0.15) is 31.8 Å². The van der Waals surface area contributed by atoms with Crippen LogP contribution < -0.4 is 5.32 Å². The number of hydrogen-bond donors (Lipinski definition) is 1. The molecule has 14 heavy (non-hydrogen) atoms. The van der Waals surface area contributed by atoms with Crippen molar-refractivity contribution in [3.8, 4) is 0 Å². The molecule has 0 spiro atoms. The fraction of sp³-hybridized carbons (Fsp3) is 0.727. The molecule has 0 atom stereocenters. The molecule has 0 amide bonds. The Labute approximate surface area is 85.5 Å². The summed E-state index contributed by atoms with van der Waals surface area (Å²) in [7, 11) is 2.11. The molecule has 1 N–H and O–H groups in total. The molecule has 0 aromatic carbocycles.